The molecule has 2 atom stereocenters. The van der Waals surface area contributed by atoms with E-state index in [1.165, 1.54) is 7.11 Å². The molecule has 0 aromatic rings. The first-order valence-electron chi connectivity index (χ1n) is 8.11. The maximum absolute atomic E-state index is 12.3. The van der Waals surface area contributed by atoms with Crippen LogP contribution in [0.2, 0.25) is 0 Å². The largest absolute Gasteiger partial charge is 0.468 e. The highest BCUT2D eigenvalue weighted by Gasteiger charge is 2.48. The zero-order chi connectivity index (χ0) is 15.7. The van der Waals surface area contributed by atoms with E-state index in [-0.39, 0.29) is 5.97 Å². The standard InChI is InChI=1S/C16H32N2O3/c1-5-17-16(15(19)21-4)10-6-8-14(16)9-12-18(2)11-7-13-20-3/h14,17H,5-13H2,1-4H3. The van der Waals surface area contributed by atoms with E-state index in [2.05, 4.69) is 24.2 Å². The van der Waals surface area contributed by atoms with Gasteiger partial charge in [-0.25, -0.2) is 0 Å². The molecule has 21 heavy (non-hydrogen) atoms. The van der Waals surface area contributed by atoms with E-state index in [4.69, 9.17) is 9.47 Å². The topological polar surface area (TPSA) is 50.8 Å². The predicted octanol–water partition coefficient (Wildman–Crippen LogP) is 1.67. The van der Waals surface area contributed by atoms with Crippen molar-refractivity contribution in [1.82, 2.24) is 10.2 Å². The number of ether oxygens (including phenoxy) is 2. The van der Waals surface area contributed by atoms with Crippen LogP contribution in [0.1, 0.15) is 39.0 Å². The molecule has 1 saturated carbocycles. The summed E-state index contributed by atoms with van der Waals surface area (Å²) in [6.07, 6.45) is 5.18. The summed E-state index contributed by atoms with van der Waals surface area (Å²) in [6, 6.07) is 0. The van der Waals surface area contributed by atoms with Crippen LogP contribution in [0.3, 0.4) is 0 Å². The second kappa shape index (κ2) is 9.38. The van der Waals surface area contributed by atoms with Gasteiger partial charge < -0.3 is 19.7 Å². The molecule has 5 heteroatoms. The monoisotopic (exact) mass is 300 g/mol. The summed E-state index contributed by atoms with van der Waals surface area (Å²) in [5.74, 6) is 0.281. The van der Waals surface area contributed by atoms with Crippen LogP contribution in [0.5, 0.6) is 0 Å². The molecule has 0 aromatic heterocycles. The summed E-state index contributed by atoms with van der Waals surface area (Å²) in [5.41, 5.74) is -0.461. The fraction of sp³-hybridized carbons (Fsp3) is 0.938. The molecule has 124 valence electrons. The summed E-state index contributed by atoms with van der Waals surface area (Å²) < 4.78 is 10.2. The van der Waals surface area contributed by atoms with Gasteiger partial charge in [-0.05, 0) is 51.7 Å². The highest BCUT2D eigenvalue weighted by Crippen LogP contribution is 2.39. The van der Waals surface area contributed by atoms with Gasteiger partial charge in [-0.1, -0.05) is 13.3 Å². The molecule has 0 radical (unpaired) electrons. The number of rotatable bonds is 10. The quantitative estimate of drug-likeness (QED) is 0.491. The average Bonchev–Trinajstić information content (AvgIpc) is 2.89. The molecule has 0 aromatic carbocycles. The normalized spacial score (nSPS) is 25.5. The van der Waals surface area contributed by atoms with Crippen LogP contribution >= 0.6 is 0 Å². The van der Waals surface area contributed by atoms with Gasteiger partial charge in [0.15, 0.2) is 0 Å². The van der Waals surface area contributed by atoms with E-state index < -0.39 is 5.54 Å². The zero-order valence-corrected chi connectivity index (χ0v) is 14.1. The van der Waals surface area contributed by atoms with Crippen molar-refractivity contribution >= 4 is 5.97 Å². The van der Waals surface area contributed by atoms with Crippen LogP contribution in [0.25, 0.3) is 0 Å². The lowest BCUT2D eigenvalue weighted by Gasteiger charge is -2.34. The van der Waals surface area contributed by atoms with Gasteiger partial charge in [0.25, 0.3) is 0 Å². The van der Waals surface area contributed by atoms with Gasteiger partial charge in [0.2, 0.25) is 0 Å². The van der Waals surface area contributed by atoms with Crippen LogP contribution in [-0.2, 0) is 14.3 Å². The third-order valence-electron chi connectivity index (χ3n) is 4.61. The number of nitrogens with one attached hydrogen (secondary N) is 1. The molecule has 0 heterocycles. The number of likely N-dealkylation sites (N-methyl/N-ethyl adjacent to an activating group) is 1. The van der Waals surface area contributed by atoms with E-state index in [0.717, 1.165) is 58.3 Å². The van der Waals surface area contributed by atoms with Gasteiger partial charge in [-0.15, -0.1) is 0 Å². The molecule has 1 fully saturated rings. The van der Waals surface area contributed by atoms with E-state index in [1.807, 2.05) is 0 Å². The number of hydrogen-bond acceptors (Lipinski definition) is 5. The Labute approximate surface area is 129 Å². The Bertz CT molecular complexity index is 312. The first kappa shape index (κ1) is 18.4. The van der Waals surface area contributed by atoms with Gasteiger partial charge in [-0.2, -0.15) is 0 Å². The van der Waals surface area contributed by atoms with Gasteiger partial charge in [-0.3, -0.25) is 4.79 Å². The molecule has 0 amide bonds. The van der Waals surface area contributed by atoms with Crippen LogP contribution in [0.15, 0.2) is 0 Å². The molecule has 1 N–H and O–H groups in total. The Morgan fingerprint density at radius 2 is 2.14 bits per heavy atom. The number of carbonyl (C=O) groups excluding carboxylic acids is 1. The van der Waals surface area contributed by atoms with Crippen molar-refractivity contribution in [3.05, 3.63) is 0 Å². The van der Waals surface area contributed by atoms with Crippen molar-refractivity contribution in [3.63, 3.8) is 0 Å². The minimum absolute atomic E-state index is 0.0890. The first-order valence-corrected chi connectivity index (χ1v) is 8.11. The summed E-state index contributed by atoms with van der Waals surface area (Å²) in [4.78, 5) is 14.6. The fourth-order valence-electron chi connectivity index (χ4n) is 3.51. The molecule has 1 aliphatic rings. The lowest BCUT2D eigenvalue weighted by Crippen LogP contribution is -2.55. The summed E-state index contributed by atoms with van der Waals surface area (Å²) in [6.45, 7) is 5.70. The van der Waals surface area contributed by atoms with E-state index >= 15 is 0 Å². The average molecular weight is 300 g/mol. The molecule has 0 aliphatic heterocycles. The fourth-order valence-corrected chi connectivity index (χ4v) is 3.51. The molecule has 0 bridgehead atoms. The van der Waals surface area contributed by atoms with E-state index in [1.54, 1.807) is 7.11 Å². The summed E-state index contributed by atoms with van der Waals surface area (Å²) >= 11 is 0. The summed E-state index contributed by atoms with van der Waals surface area (Å²) in [5, 5.41) is 3.42. The Hall–Kier alpha value is -0.650. The number of methoxy groups -OCH3 is 2. The lowest BCUT2D eigenvalue weighted by molar-refractivity contribution is -0.150. The van der Waals surface area contributed by atoms with E-state index in [0.29, 0.717) is 5.92 Å². The molecular weight excluding hydrogens is 268 g/mol. The number of esters is 1. The molecule has 1 rings (SSSR count). The molecule has 2 unspecified atom stereocenters. The second-order valence-corrected chi connectivity index (χ2v) is 6.02. The van der Waals surface area contributed by atoms with Crippen LogP contribution in [-0.4, -0.2) is 63.9 Å². The van der Waals surface area contributed by atoms with Gasteiger partial charge >= 0.3 is 5.97 Å². The van der Waals surface area contributed by atoms with Crippen molar-refractivity contribution in [3.8, 4) is 0 Å². The minimum Gasteiger partial charge on any atom is -0.468 e. The predicted molar refractivity (Wildman–Crippen MR) is 84.4 cm³/mol. The SMILES string of the molecule is CCNC1(C(=O)OC)CCCC1CCN(C)CCCOC. The Morgan fingerprint density at radius 3 is 2.76 bits per heavy atom. The van der Waals surface area contributed by atoms with Crippen LogP contribution < -0.4 is 5.32 Å². The molecule has 5 nitrogen and oxygen atoms in total. The molecular formula is C16H32N2O3. The smallest absolute Gasteiger partial charge is 0.326 e. The van der Waals surface area contributed by atoms with Gasteiger partial charge in [0.05, 0.1) is 7.11 Å². The minimum atomic E-state index is -0.461. The number of hydrogen-bond donors (Lipinski definition) is 1. The van der Waals surface area contributed by atoms with Crippen molar-refractivity contribution in [2.75, 3.05) is 47.5 Å². The third kappa shape index (κ3) is 4.94. The van der Waals surface area contributed by atoms with Crippen molar-refractivity contribution in [2.45, 2.75) is 44.6 Å². The second-order valence-electron chi connectivity index (χ2n) is 6.02. The number of carbonyl (C=O) groups is 1. The highest BCUT2D eigenvalue weighted by molar-refractivity contribution is 5.81. The zero-order valence-electron chi connectivity index (χ0n) is 14.1. The molecule has 0 saturated heterocycles. The third-order valence-corrected chi connectivity index (χ3v) is 4.61. The Kier molecular flexibility index (Phi) is 8.22. The van der Waals surface area contributed by atoms with E-state index in [9.17, 15) is 4.79 Å². The maximum atomic E-state index is 12.3. The number of nitrogens with zero attached hydrogens (tertiary/aromatic N) is 1. The highest BCUT2D eigenvalue weighted by atomic mass is 16.5. The molecule has 0 spiro atoms. The Morgan fingerprint density at radius 1 is 1.38 bits per heavy atom. The Balaban J connectivity index is 2.53. The van der Waals surface area contributed by atoms with Crippen molar-refractivity contribution < 1.29 is 14.3 Å². The van der Waals surface area contributed by atoms with Gasteiger partial charge in [0.1, 0.15) is 5.54 Å². The molecule has 1 aliphatic carbocycles. The summed E-state index contributed by atoms with van der Waals surface area (Å²) in [7, 11) is 5.37. The van der Waals surface area contributed by atoms with Gasteiger partial charge in [0, 0.05) is 20.3 Å². The lowest BCUT2D eigenvalue weighted by atomic mass is 9.84. The van der Waals surface area contributed by atoms with Crippen LogP contribution in [0, 0.1) is 5.92 Å². The van der Waals surface area contributed by atoms with Crippen LogP contribution in [0.4, 0.5) is 0 Å². The van der Waals surface area contributed by atoms with Crippen molar-refractivity contribution in [1.29, 1.82) is 0 Å². The first-order chi connectivity index (χ1) is 10.1. The van der Waals surface area contributed by atoms with Crippen molar-refractivity contribution in [2.24, 2.45) is 5.92 Å². The maximum Gasteiger partial charge on any atom is 0.326 e.